The second-order valence-electron chi connectivity index (χ2n) is 7.30. The number of aromatic nitrogens is 4. The molecule has 132 valence electrons. The monoisotopic (exact) mass is 349 g/mol. The fraction of sp³-hybridized carbons (Fsp3) is 0.350. The average Bonchev–Trinajstić information content (AvgIpc) is 3.41. The molecule has 0 amide bonds. The lowest BCUT2D eigenvalue weighted by molar-refractivity contribution is 0.625. The van der Waals surface area contributed by atoms with E-state index >= 15 is 0 Å². The maximum absolute atomic E-state index is 14.6. The lowest BCUT2D eigenvalue weighted by Crippen LogP contribution is -2.22. The van der Waals surface area contributed by atoms with Crippen LogP contribution < -0.4 is 5.32 Å². The van der Waals surface area contributed by atoms with Crippen molar-refractivity contribution in [2.45, 2.75) is 45.2 Å². The van der Waals surface area contributed by atoms with E-state index in [1.54, 1.807) is 10.5 Å². The van der Waals surface area contributed by atoms with E-state index in [0.29, 0.717) is 18.1 Å². The average molecular weight is 349 g/mol. The van der Waals surface area contributed by atoms with Gasteiger partial charge in [0.15, 0.2) is 11.5 Å². The minimum absolute atomic E-state index is 0.159. The molecule has 3 aromatic rings. The number of pyridine rings is 1. The van der Waals surface area contributed by atoms with Crippen molar-refractivity contribution in [3.8, 4) is 0 Å². The van der Waals surface area contributed by atoms with Gasteiger partial charge in [-0.05, 0) is 38.3 Å². The number of aryl methyl sites for hydroxylation is 1. The first-order valence-electron chi connectivity index (χ1n) is 9.05. The lowest BCUT2D eigenvalue weighted by atomic mass is 9.98. The zero-order valence-corrected chi connectivity index (χ0v) is 14.8. The first kappa shape index (κ1) is 15.6. The van der Waals surface area contributed by atoms with Crippen molar-refractivity contribution in [2.75, 3.05) is 0 Å². The number of halogens is 1. The van der Waals surface area contributed by atoms with Crippen molar-refractivity contribution in [3.63, 3.8) is 0 Å². The van der Waals surface area contributed by atoms with E-state index in [4.69, 9.17) is 4.98 Å². The van der Waals surface area contributed by atoms with Crippen molar-refractivity contribution in [3.05, 3.63) is 64.9 Å². The van der Waals surface area contributed by atoms with E-state index in [0.717, 1.165) is 33.9 Å². The van der Waals surface area contributed by atoms with Crippen molar-refractivity contribution in [1.29, 1.82) is 0 Å². The van der Waals surface area contributed by atoms with Crippen LogP contribution in [0, 0.1) is 12.7 Å². The molecule has 5 rings (SSSR count). The van der Waals surface area contributed by atoms with Gasteiger partial charge in [0.1, 0.15) is 5.82 Å². The van der Waals surface area contributed by atoms with Crippen molar-refractivity contribution in [2.24, 2.45) is 0 Å². The summed E-state index contributed by atoms with van der Waals surface area (Å²) in [5, 5.41) is 3.46. The molecule has 5 nitrogen and oxygen atoms in total. The van der Waals surface area contributed by atoms with Gasteiger partial charge in [0.2, 0.25) is 0 Å². The molecule has 1 saturated carbocycles. The van der Waals surface area contributed by atoms with E-state index in [1.807, 2.05) is 25.5 Å². The van der Waals surface area contributed by atoms with Gasteiger partial charge in [-0.15, -0.1) is 0 Å². The van der Waals surface area contributed by atoms with Crippen LogP contribution >= 0.6 is 0 Å². The van der Waals surface area contributed by atoms with Gasteiger partial charge in [0.25, 0.3) is 0 Å². The first-order valence-corrected chi connectivity index (χ1v) is 9.05. The number of hydrogen-bond acceptors (Lipinski definition) is 4. The van der Waals surface area contributed by atoms with E-state index in [9.17, 15) is 4.39 Å². The standard InChI is InChI=1S/C20H20FN5/c1-11-5-15(14-6-17(21)20-24-12(2)9-26(20)10-14)16-7-23-19(13-3-4-13)25-18(16)8-22-11/h5-7,9-11,13,22H,3-4,8H2,1-2H3/t11-/m1/s1. The van der Waals surface area contributed by atoms with Gasteiger partial charge >= 0.3 is 0 Å². The molecule has 1 atom stereocenters. The Labute approximate surface area is 151 Å². The molecule has 0 spiro atoms. The maximum atomic E-state index is 14.6. The zero-order valence-electron chi connectivity index (χ0n) is 14.8. The van der Waals surface area contributed by atoms with Crippen LogP contribution in [-0.4, -0.2) is 25.4 Å². The summed E-state index contributed by atoms with van der Waals surface area (Å²) < 4.78 is 16.4. The predicted molar refractivity (Wildman–Crippen MR) is 97.3 cm³/mol. The highest BCUT2D eigenvalue weighted by Gasteiger charge is 2.28. The summed E-state index contributed by atoms with van der Waals surface area (Å²) >= 11 is 0. The summed E-state index contributed by atoms with van der Waals surface area (Å²) in [5.41, 5.74) is 4.89. The molecule has 1 aliphatic heterocycles. The molecule has 0 radical (unpaired) electrons. The van der Waals surface area contributed by atoms with E-state index in [-0.39, 0.29) is 11.9 Å². The van der Waals surface area contributed by atoms with Crippen molar-refractivity contribution in [1.82, 2.24) is 24.7 Å². The molecule has 0 bridgehead atoms. The molecule has 4 heterocycles. The Bertz CT molecular complexity index is 1050. The number of rotatable bonds is 2. The Kier molecular flexibility index (Phi) is 3.43. The van der Waals surface area contributed by atoms with Gasteiger partial charge in [0, 0.05) is 48.2 Å². The Morgan fingerprint density at radius 1 is 1.23 bits per heavy atom. The van der Waals surface area contributed by atoms with E-state index in [1.165, 1.54) is 12.8 Å². The van der Waals surface area contributed by atoms with Crippen LogP contribution in [0.4, 0.5) is 4.39 Å². The highest BCUT2D eigenvalue weighted by atomic mass is 19.1. The van der Waals surface area contributed by atoms with Gasteiger partial charge in [-0.2, -0.15) is 0 Å². The minimum atomic E-state index is -0.321. The molecule has 0 saturated heterocycles. The fourth-order valence-corrected chi connectivity index (χ4v) is 3.57. The van der Waals surface area contributed by atoms with Gasteiger partial charge in [-0.25, -0.2) is 19.3 Å². The Morgan fingerprint density at radius 2 is 2.08 bits per heavy atom. The van der Waals surface area contributed by atoms with Gasteiger partial charge in [0.05, 0.1) is 11.4 Å². The van der Waals surface area contributed by atoms with E-state index < -0.39 is 0 Å². The van der Waals surface area contributed by atoms with E-state index in [2.05, 4.69) is 28.3 Å². The molecule has 6 heteroatoms. The molecular weight excluding hydrogens is 329 g/mol. The van der Waals surface area contributed by atoms with Crippen LogP contribution in [0.25, 0.3) is 11.2 Å². The SMILES string of the molecule is Cc1cn2cc(C3=C[C@@H](C)NCc4nc(C5CC5)ncc43)cc(F)c2n1. The molecule has 26 heavy (non-hydrogen) atoms. The predicted octanol–water partition coefficient (Wildman–Crippen LogP) is 3.37. The summed E-state index contributed by atoms with van der Waals surface area (Å²) in [6.45, 7) is 4.65. The second kappa shape index (κ2) is 5.71. The number of fused-ring (bicyclic) bond motifs is 2. The summed E-state index contributed by atoms with van der Waals surface area (Å²) in [4.78, 5) is 13.6. The molecular formula is C20H20FN5. The summed E-state index contributed by atoms with van der Waals surface area (Å²) in [6.07, 6.45) is 10.1. The summed E-state index contributed by atoms with van der Waals surface area (Å²) in [6, 6.07) is 1.72. The maximum Gasteiger partial charge on any atom is 0.173 e. The Balaban J connectivity index is 1.67. The summed E-state index contributed by atoms with van der Waals surface area (Å²) in [5.74, 6) is 1.13. The molecule has 0 aromatic carbocycles. The van der Waals surface area contributed by atoms with Gasteiger partial charge in [-0.1, -0.05) is 6.08 Å². The third-order valence-corrected chi connectivity index (χ3v) is 5.06. The zero-order chi connectivity index (χ0) is 17.8. The van der Waals surface area contributed by atoms with Crippen LogP contribution in [0.15, 0.2) is 30.7 Å². The molecule has 1 fully saturated rings. The lowest BCUT2D eigenvalue weighted by Gasteiger charge is -2.12. The number of nitrogens with zero attached hydrogens (tertiary/aromatic N) is 4. The minimum Gasteiger partial charge on any atom is -0.305 e. The van der Waals surface area contributed by atoms with Crippen molar-refractivity contribution < 1.29 is 4.39 Å². The molecule has 1 aliphatic carbocycles. The Hall–Kier alpha value is -2.60. The van der Waals surface area contributed by atoms with Crippen LogP contribution in [0.3, 0.4) is 0 Å². The van der Waals surface area contributed by atoms with Gasteiger partial charge < -0.3 is 9.72 Å². The number of hydrogen-bond donors (Lipinski definition) is 1. The van der Waals surface area contributed by atoms with Crippen LogP contribution in [0.5, 0.6) is 0 Å². The normalized spacial score (nSPS) is 20.0. The van der Waals surface area contributed by atoms with Crippen molar-refractivity contribution >= 4 is 11.2 Å². The highest BCUT2D eigenvalue weighted by molar-refractivity contribution is 5.81. The van der Waals surface area contributed by atoms with Crippen LogP contribution in [0.2, 0.25) is 0 Å². The third-order valence-electron chi connectivity index (χ3n) is 5.06. The molecule has 1 N–H and O–H groups in total. The second-order valence-corrected chi connectivity index (χ2v) is 7.30. The fourth-order valence-electron chi connectivity index (χ4n) is 3.57. The molecule has 2 aliphatic rings. The summed E-state index contributed by atoms with van der Waals surface area (Å²) in [7, 11) is 0. The quantitative estimate of drug-likeness (QED) is 0.771. The number of nitrogens with one attached hydrogen (secondary N) is 1. The van der Waals surface area contributed by atoms with Crippen LogP contribution in [-0.2, 0) is 6.54 Å². The van der Waals surface area contributed by atoms with Gasteiger partial charge in [-0.3, -0.25) is 0 Å². The first-order chi connectivity index (χ1) is 12.6. The largest absolute Gasteiger partial charge is 0.305 e. The highest BCUT2D eigenvalue weighted by Crippen LogP contribution is 2.39. The van der Waals surface area contributed by atoms with Crippen LogP contribution in [0.1, 0.15) is 54.0 Å². The number of imidazole rings is 1. The molecule has 0 unspecified atom stereocenters. The smallest absolute Gasteiger partial charge is 0.173 e. The molecule has 3 aromatic heterocycles. The topological polar surface area (TPSA) is 55.1 Å². The Morgan fingerprint density at radius 3 is 2.88 bits per heavy atom. The third kappa shape index (κ3) is 2.61.